The van der Waals surface area contributed by atoms with E-state index in [0.717, 1.165) is 0 Å². The van der Waals surface area contributed by atoms with Crippen molar-refractivity contribution in [1.82, 2.24) is 5.32 Å². The molecular formula is C6H9N3O2. The molecule has 5 nitrogen and oxygen atoms in total. The van der Waals surface area contributed by atoms with E-state index in [1.807, 2.05) is 0 Å². The Morgan fingerprint density at radius 1 is 1.73 bits per heavy atom. The van der Waals surface area contributed by atoms with Crippen molar-refractivity contribution < 1.29 is 9.53 Å². The summed E-state index contributed by atoms with van der Waals surface area (Å²) in [6.45, 7) is 0.948. The maximum Gasteiger partial charge on any atom is 0.257 e. The number of guanidine groups is 1. The highest BCUT2D eigenvalue weighted by Crippen LogP contribution is 2.25. The van der Waals surface area contributed by atoms with Crippen molar-refractivity contribution >= 4 is 11.9 Å². The van der Waals surface area contributed by atoms with Crippen LogP contribution in [-0.2, 0) is 9.53 Å². The lowest BCUT2D eigenvalue weighted by Crippen LogP contribution is -2.41. The van der Waals surface area contributed by atoms with Gasteiger partial charge >= 0.3 is 0 Å². The van der Waals surface area contributed by atoms with Crippen molar-refractivity contribution in [2.75, 3.05) is 13.2 Å². The van der Waals surface area contributed by atoms with Crippen LogP contribution in [0.5, 0.6) is 0 Å². The molecule has 1 amide bonds. The summed E-state index contributed by atoms with van der Waals surface area (Å²) in [7, 11) is 0. The third kappa shape index (κ3) is 0.808. The minimum Gasteiger partial charge on any atom is -0.378 e. The van der Waals surface area contributed by atoms with E-state index in [0.29, 0.717) is 19.6 Å². The Bertz CT molecular complexity index is 230. The first kappa shape index (κ1) is 6.60. The molecule has 60 valence electrons. The molecule has 0 aliphatic carbocycles. The van der Waals surface area contributed by atoms with Gasteiger partial charge in [-0.15, -0.1) is 0 Å². The van der Waals surface area contributed by atoms with Gasteiger partial charge in [0.1, 0.15) is 0 Å². The van der Waals surface area contributed by atoms with Gasteiger partial charge in [0.05, 0.1) is 6.61 Å². The molecule has 3 N–H and O–H groups in total. The molecule has 11 heavy (non-hydrogen) atoms. The molecule has 2 aliphatic heterocycles. The Morgan fingerprint density at radius 2 is 2.55 bits per heavy atom. The highest BCUT2D eigenvalue weighted by Gasteiger charge is 2.46. The lowest BCUT2D eigenvalue weighted by molar-refractivity contribution is -0.123. The van der Waals surface area contributed by atoms with Crippen molar-refractivity contribution in [1.29, 1.82) is 0 Å². The van der Waals surface area contributed by atoms with Crippen molar-refractivity contribution in [2.24, 2.45) is 10.7 Å². The summed E-state index contributed by atoms with van der Waals surface area (Å²) >= 11 is 0. The number of ether oxygens (including phenoxy) is 1. The molecule has 5 heteroatoms. The molecular weight excluding hydrogens is 146 g/mol. The molecule has 0 aromatic heterocycles. The number of carbonyl (C=O) groups is 1. The van der Waals surface area contributed by atoms with Crippen LogP contribution in [0.1, 0.15) is 6.42 Å². The Hall–Kier alpha value is -1.10. The van der Waals surface area contributed by atoms with Crippen molar-refractivity contribution in [3.63, 3.8) is 0 Å². The van der Waals surface area contributed by atoms with Crippen LogP contribution in [0.25, 0.3) is 0 Å². The van der Waals surface area contributed by atoms with Gasteiger partial charge in [0.25, 0.3) is 5.91 Å². The topological polar surface area (TPSA) is 76.7 Å². The van der Waals surface area contributed by atoms with Crippen molar-refractivity contribution in [3.05, 3.63) is 0 Å². The maximum atomic E-state index is 11.2. The molecule has 1 fully saturated rings. The van der Waals surface area contributed by atoms with E-state index in [1.165, 1.54) is 0 Å². The van der Waals surface area contributed by atoms with Gasteiger partial charge in [-0.05, 0) is 0 Å². The molecule has 0 aromatic rings. The van der Waals surface area contributed by atoms with E-state index in [-0.39, 0.29) is 11.9 Å². The second kappa shape index (κ2) is 1.94. The van der Waals surface area contributed by atoms with Crippen LogP contribution < -0.4 is 11.1 Å². The minimum absolute atomic E-state index is 0.132. The van der Waals surface area contributed by atoms with E-state index in [1.54, 1.807) is 0 Å². The number of amides is 1. The number of carbonyl (C=O) groups excluding carboxylic acids is 1. The third-order valence-corrected chi connectivity index (χ3v) is 2.00. The molecule has 2 rings (SSSR count). The zero-order valence-corrected chi connectivity index (χ0v) is 5.96. The minimum atomic E-state index is -0.690. The molecule has 1 atom stereocenters. The van der Waals surface area contributed by atoms with Gasteiger partial charge < -0.3 is 10.5 Å². The Kier molecular flexibility index (Phi) is 1.17. The van der Waals surface area contributed by atoms with Gasteiger partial charge in [0, 0.05) is 13.0 Å². The van der Waals surface area contributed by atoms with Crippen molar-refractivity contribution in [2.45, 2.75) is 12.0 Å². The quantitative estimate of drug-likeness (QED) is 0.451. The maximum absolute atomic E-state index is 11.2. The molecule has 2 heterocycles. The van der Waals surface area contributed by atoms with Crippen LogP contribution in [0.3, 0.4) is 0 Å². The second-order valence-electron chi connectivity index (χ2n) is 2.79. The van der Waals surface area contributed by atoms with Gasteiger partial charge in [-0.1, -0.05) is 0 Å². The number of aliphatic imine (C=N–C) groups is 1. The zero-order valence-electron chi connectivity index (χ0n) is 5.96. The molecule has 0 aromatic carbocycles. The van der Waals surface area contributed by atoms with Crippen LogP contribution >= 0.6 is 0 Å². The number of nitrogens with two attached hydrogens (primary N) is 1. The van der Waals surface area contributed by atoms with Gasteiger partial charge in [-0.2, -0.15) is 0 Å². The van der Waals surface area contributed by atoms with Crippen LogP contribution in [0.4, 0.5) is 0 Å². The summed E-state index contributed by atoms with van der Waals surface area (Å²) in [4.78, 5) is 15.2. The Labute approximate surface area is 63.6 Å². The number of rotatable bonds is 0. The standard InChI is InChI=1S/C6H9N3O2/c7-5-8-4(10)6(9-5)1-2-11-3-6/h1-3H2,(H3,7,8,9,10). The first-order chi connectivity index (χ1) is 5.23. The Balaban J connectivity index is 2.30. The SMILES string of the molecule is NC1=NC2(CCOC2)C(=O)N1. The van der Waals surface area contributed by atoms with E-state index < -0.39 is 5.54 Å². The highest BCUT2D eigenvalue weighted by molar-refractivity contribution is 6.06. The van der Waals surface area contributed by atoms with Gasteiger partial charge in [-0.25, -0.2) is 4.99 Å². The molecule has 0 saturated carbocycles. The smallest absolute Gasteiger partial charge is 0.257 e. The molecule has 0 radical (unpaired) electrons. The zero-order chi connectivity index (χ0) is 7.90. The molecule has 0 bridgehead atoms. The van der Waals surface area contributed by atoms with Crippen LogP contribution in [0, 0.1) is 0 Å². The average molecular weight is 155 g/mol. The predicted molar refractivity (Wildman–Crippen MR) is 37.9 cm³/mol. The predicted octanol–water partition coefficient (Wildman–Crippen LogP) is -1.41. The van der Waals surface area contributed by atoms with E-state index in [2.05, 4.69) is 10.3 Å². The molecule has 1 spiro atoms. The summed E-state index contributed by atoms with van der Waals surface area (Å²) in [5.74, 6) is 0.0769. The summed E-state index contributed by atoms with van der Waals surface area (Å²) < 4.78 is 5.08. The summed E-state index contributed by atoms with van der Waals surface area (Å²) in [6, 6.07) is 0. The lowest BCUT2D eigenvalue weighted by atomic mass is 10.0. The second-order valence-corrected chi connectivity index (χ2v) is 2.79. The largest absolute Gasteiger partial charge is 0.378 e. The Morgan fingerprint density at radius 3 is 3.00 bits per heavy atom. The monoisotopic (exact) mass is 155 g/mol. The molecule has 1 unspecified atom stereocenters. The average Bonchev–Trinajstić information content (AvgIpc) is 2.45. The fourth-order valence-corrected chi connectivity index (χ4v) is 1.36. The number of nitrogens with zero attached hydrogens (tertiary/aromatic N) is 1. The lowest BCUT2D eigenvalue weighted by Gasteiger charge is -2.11. The van der Waals surface area contributed by atoms with E-state index in [4.69, 9.17) is 10.5 Å². The summed E-state index contributed by atoms with van der Waals surface area (Å²) in [6.07, 6.45) is 0.638. The molecule has 1 saturated heterocycles. The first-order valence-electron chi connectivity index (χ1n) is 3.47. The number of nitrogens with one attached hydrogen (secondary N) is 1. The first-order valence-corrected chi connectivity index (χ1v) is 3.47. The van der Waals surface area contributed by atoms with Gasteiger partial charge in [0.15, 0.2) is 11.5 Å². The fraction of sp³-hybridized carbons (Fsp3) is 0.667. The highest BCUT2D eigenvalue weighted by atomic mass is 16.5. The van der Waals surface area contributed by atoms with Crippen molar-refractivity contribution in [3.8, 4) is 0 Å². The number of hydrogen-bond acceptors (Lipinski definition) is 4. The number of hydrogen-bond donors (Lipinski definition) is 2. The van der Waals surface area contributed by atoms with Gasteiger partial charge in [-0.3, -0.25) is 10.1 Å². The van der Waals surface area contributed by atoms with Crippen LogP contribution in [-0.4, -0.2) is 30.6 Å². The van der Waals surface area contributed by atoms with Crippen LogP contribution in [0.15, 0.2) is 4.99 Å². The molecule has 2 aliphatic rings. The van der Waals surface area contributed by atoms with Crippen LogP contribution in [0.2, 0.25) is 0 Å². The fourth-order valence-electron chi connectivity index (χ4n) is 1.36. The van der Waals surface area contributed by atoms with E-state index >= 15 is 0 Å². The normalized spacial score (nSPS) is 36.0. The van der Waals surface area contributed by atoms with Gasteiger partial charge in [0.2, 0.25) is 0 Å². The summed E-state index contributed by atoms with van der Waals surface area (Å²) in [5.41, 5.74) is 4.65. The van der Waals surface area contributed by atoms with E-state index in [9.17, 15) is 4.79 Å². The third-order valence-electron chi connectivity index (χ3n) is 2.00. The summed E-state index contributed by atoms with van der Waals surface area (Å²) in [5, 5.41) is 2.46.